The van der Waals surface area contributed by atoms with Gasteiger partial charge in [0.25, 0.3) is 0 Å². The summed E-state index contributed by atoms with van der Waals surface area (Å²) in [5.74, 6) is 1.65. The number of rotatable bonds is 10. The zero-order valence-electron chi connectivity index (χ0n) is 25.6. The van der Waals surface area contributed by atoms with Gasteiger partial charge >= 0.3 is 16.6 Å². The fraction of sp³-hybridized carbons (Fsp3) is 0. The van der Waals surface area contributed by atoms with Crippen molar-refractivity contribution in [1.82, 2.24) is 0 Å². The first-order chi connectivity index (χ1) is 22.6. The van der Waals surface area contributed by atoms with E-state index in [-0.39, 0.29) is 0 Å². The van der Waals surface area contributed by atoms with Crippen LogP contribution in [0.2, 0.25) is 0 Å². The van der Waals surface area contributed by atoms with Crippen molar-refractivity contribution in [3.63, 3.8) is 0 Å². The fourth-order valence-electron chi connectivity index (χ4n) is 6.32. The van der Waals surface area contributed by atoms with Crippen LogP contribution in [0.5, 0.6) is 11.5 Å². The maximum Gasteiger partial charge on any atom is 0.339 e. The first-order valence-corrected chi connectivity index (χ1v) is 19.5. The van der Waals surface area contributed by atoms with E-state index in [0.717, 1.165) is 53.8 Å². The maximum atomic E-state index is 7.04. The van der Waals surface area contributed by atoms with Crippen LogP contribution in [0.4, 0.5) is 0 Å². The molecule has 7 aromatic carbocycles. The van der Waals surface area contributed by atoms with Gasteiger partial charge in [-0.1, -0.05) is 145 Å². The zero-order valence-corrected chi connectivity index (χ0v) is 27.6. The molecule has 46 heavy (non-hydrogen) atoms. The molecule has 2 nitrogen and oxygen atoms in total. The third-order valence-electron chi connectivity index (χ3n) is 8.68. The van der Waals surface area contributed by atoms with E-state index < -0.39 is 16.6 Å². The molecule has 222 valence electrons. The highest BCUT2D eigenvalue weighted by Gasteiger charge is 2.39. The summed E-state index contributed by atoms with van der Waals surface area (Å²) in [5, 5.41) is 9.14. The molecule has 7 rings (SSSR count). The Kier molecular flexibility index (Phi) is 7.97. The second kappa shape index (κ2) is 12.5. The minimum absolute atomic E-state index is 0.824. The molecule has 7 aromatic rings. The lowest BCUT2D eigenvalue weighted by Crippen LogP contribution is -2.62. The van der Waals surface area contributed by atoms with E-state index >= 15 is 0 Å². The molecule has 0 atom stereocenters. The summed E-state index contributed by atoms with van der Waals surface area (Å²) >= 11 is 0. The van der Waals surface area contributed by atoms with E-state index in [1.807, 2.05) is 35.7 Å². The van der Waals surface area contributed by atoms with Crippen molar-refractivity contribution in [2.24, 2.45) is 0 Å². The van der Waals surface area contributed by atoms with Crippen LogP contribution in [0.25, 0.3) is 21.5 Å². The predicted molar refractivity (Wildman–Crippen MR) is 199 cm³/mol. The van der Waals surface area contributed by atoms with Gasteiger partial charge in [0.1, 0.15) is 11.5 Å². The Morgan fingerprint density at radius 2 is 0.652 bits per heavy atom. The van der Waals surface area contributed by atoms with Gasteiger partial charge < -0.3 is 8.85 Å². The van der Waals surface area contributed by atoms with Crippen molar-refractivity contribution < 1.29 is 8.85 Å². The summed E-state index contributed by atoms with van der Waals surface area (Å²) in [6.07, 6.45) is 0. The summed E-state index contributed by atoms with van der Waals surface area (Å²) in [4.78, 5) is 0. The van der Waals surface area contributed by atoms with Crippen LogP contribution in [0.15, 0.2) is 194 Å². The number of fused-ring (bicyclic) bond motifs is 2. The Balaban J connectivity index is 1.29. The van der Waals surface area contributed by atoms with Gasteiger partial charge in [-0.3, -0.25) is 0 Å². The van der Waals surface area contributed by atoms with E-state index in [0.29, 0.717) is 0 Å². The van der Waals surface area contributed by atoms with E-state index in [9.17, 15) is 0 Å². The SMILES string of the molecule is C=C[Si](Oc1ccc2cc3ccc(O[Si](C=C)(c4ccccc4)c4ccccc4)cc3cc2c1)(c1ccccc1)c1ccccc1. The van der Waals surface area contributed by atoms with Gasteiger partial charge in [0.05, 0.1) is 0 Å². The van der Waals surface area contributed by atoms with Crippen LogP contribution in [-0.4, -0.2) is 16.6 Å². The summed E-state index contributed by atoms with van der Waals surface area (Å²) in [6, 6.07) is 59.1. The highest BCUT2D eigenvalue weighted by Crippen LogP contribution is 2.31. The van der Waals surface area contributed by atoms with Gasteiger partial charge in [-0.15, -0.1) is 13.2 Å². The van der Waals surface area contributed by atoms with E-state index in [1.165, 1.54) is 0 Å². The highest BCUT2D eigenvalue weighted by molar-refractivity contribution is 7.02. The van der Waals surface area contributed by atoms with E-state index in [2.05, 4.69) is 159 Å². The molecular formula is C42H34O2Si2. The molecule has 0 N–H and O–H groups in total. The molecule has 0 aliphatic rings. The van der Waals surface area contributed by atoms with Crippen LogP contribution in [-0.2, 0) is 0 Å². The number of hydrogen-bond donors (Lipinski definition) is 0. The van der Waals surface area contributed by atoms with Crippen LogP contribution >= 0.6 is 0 Å². The molecule has 0 aliphatic carbocycles. The zero-order chi connectivity index (χ0) is 31.4. The number of benzene rings is 7. The van der Waals surface area contributed by atoms with Crippen molar-refractivity contribution in [2.45, 2.75) is 0 Å². The van der Waals surface area contributed by atoms with Gasteiger partial charge in [0, 0.05) is 0 Å². The normalized spacial score (nSPS) is 11.7. The third kappa shape index (κ3) is 5.38. The smallest absolute Gasteiger partial charge is 0.339 e. The van der Waals surface area contributed by atoms with Crippen molar-refractivity contribution in [2.75, 3.05) is 0 Å². The van der Waals surface area contributed by atoms with Gasteiger partial charge in [-0.2, -0.15) is 0 Å². The molecule has 0 aromatic heterocycles. The van der Waals surface area contributed by atoms with Crippen molar-refractivity contribution in [3.05, 3.63) is 194 Å². The Bertz CT molecular complexity index is 1900. The molecule has 0 fully saturated rings. The van der Waals surface area contributed by atoms with Gasteiger partial charge in [-0.25, -0.2) is 0 Å². The molecule has 0 radical (unpaired) electrons. The van der Waals surface area contributed by atoms with Crippen LogP contribution in [0, 0.1) is 0 Å². The largest absolute Gasteiger partial charge is 0.531 e. The second-order valence-corrected chi connectivity index (χ2v) is 17.9. The average molecular weight is 627 g/mol. The Morgan fingerprint density at radius 3 is 0.957 bits per heavy atom. The summed E-state index contributed by atoms with van der Waals surface area (Å²) < 4.78 is 14.1. The van der Waals surface area contributed by atoms with E-state index in [1.54, 1.807) is 0 Å². The van der Waals surface area contributed by atoms with Crippen molar-refractivity contribution >= 4 is 58.9 Å². The van der Waals surface area contributed by atoms with Crippen LogP contribution < -0.4 is 29.6 Å². The Labute approximate surface area is 272 Å². The standard InChI is InChI=1S/C42H34O2Si2/c1-3-45(39-17-9-5-10-18-39,40-19-11-6-12-20-40)43-37-27-25-33-29-34-26-28-38(32-36(34)30-35(33)31-37)44-46(4-2,41-21-13-7-14-22-41)42-23-15-8-16-24-42/h3-32H,1-2H2. The molecule has 0 bridgehead atoms. The minimum Gasteiger partial charge on any atom is -0.531 e. The first kappa shape index (κ1) is 29.3. The topological polar surface area (TPSA) is 18.5 Å². The van der Waals surface area contributed by atoms with Gasteiger partial charge in [0.2, 0.25) is 0 Å². The summed E-state index contributed by atoms with van der Waals surface area (Å²) in [6.45, 7) is 8.59. The van der Waals surface area contributed by atoms with Crippen molar-refractivity contribution in [1.29, 1.82) is 0 Å². The molecule has 0 saturated carbocycles. The van der Waals surface area contributed by atoms with Gasteiger partial charge in [-0.05, 0) is 78.7 Å². The fourth-order valence-corrected chi connectivity index (χ4v) is 12.3. The van der Waals surface area contributed by atoms with Crippen LogP contribution in [0.1, 0.15) is 0 Å². The molecular weight excluding hydrogens is 593 g/mol. The molecule has 4 heteroatoms. The molecule has 0 unspecified atom stereocenters. The van der Waals surface area contributed by atoms with Gasteiger partial charge in [0.15, 0.2) is 0 Å². The monoisotopic (exact) mass is 626 g/mol. The average Bonchev–Trinajstić information content (AvgIpc) is 3.13. The molecule has 0 saturated heterocycles. The summed E-state index contributed by atoms with van der Waals surface area (Å²) in [5.41, 5.74) is 4.06. The first-order valence-electron chi connectivity index (χ1n) is 15.5. The molecule has 0 amide bonds. The predicted octanol–water partition coefficient (Wildman–Crippen LogP) is 7.72. The van der Waals surface area contributed by atoms with Crippen molar-refractivity contribution in [3.8, 4) is 11.5 Å². The minimum atomic E-state index is -2.77. The maximum absolute atomic E-state index is 7.04. The number of hydrogen-bond acceptors (Lipinski definition) is 2. The quantitative estimate of drug-likeness (QED) is 0.114. The molecule has 0 spiro atoms. The lowest BCUT2D eigenvalue weighted by atomic mass is 10.0. The van der Waals surface area contributed by atoms with Crippen LogP contribution in [0.3, 0.4) is 0 Å². The Morgan fingerprint density at radius 1 is 0.348 bits per heavy atom. The lowest BCUT2D eigenvalue weighted by Gasteiger charge is -2.30. The molecule has 0 heterocycles. The third-order valence-corrected chi connectivity index (χ3v) is 15.7. The van der Waals surface area contributed by atoms with E-state index in [4.69, 9.17) is 8.85 Å². The Hall–Kier alpha value is -5.43. The molecule has 0 aliphatic heterocycles. The highest BCUT2D eigenvalue weighted by atomic mass is 28.4. The summed E-state index contributed by atoms with van der Waals surface area (Å²) in [7, 11) is -5.54. The second-order valence-electron chi connectivity index (χ2n) is 11.4. The lowest BCUT2D eigenvalue weighted by molar-refractivity contribution is 0.577.